The van der Waals surface area contributed by atoms with E-state index in [-0.39, 0.29) is 10.6 Å². The summed E-state index contributed by atoms with van der Waals surface area (Å²) in [7, 11) is 0. The number of rotatable bonds is 2. The number of hydrogen-bond donors (Lipinski definition) is 0. The maximum absolute atomic E-state index is 12.6. The Kier molecular flexibility index (Phi) is 2.78. The average Bonchev–Trinajstić information content (AvgIpc) is 2.05. The maximum Gasteiger partial charge on any atom is 0.123 e. The first-order chi connectivity index (χ1) is 5.56. The van der Waals surface area contributed by atoms with Crippen LogP contribution in [0.3, 0.4) is 0 Å². The Morgan fingerprint density at radius 3 is 2.08 bits per heavy atom. The van der Waals surface area contributed by atoms with Crippen LogP contribution < -0.4 is 0 Å². The molecule has 0 fully saturated rings. The molecular formula is C10H13FS. The Morgan fingerprint density at radius 2 is 1.67 bits per heavy atom. The molecule has 1 aromatic rings. The van der Waals surface area contributed by atoms with Gasteiger partial charge in [0.25, 0.3) is 0 Å². The van der Waals surface area contributed by atoms with Crippen LogP contribution in [0.2, 0.25) is 0 Å². The van der Waals surface area contributed by atoms with Gasteiger partial charge in [0.1, 0.15) is 5.82 Å². The molecule has 0 N–H and O–H groups in total. The molecule has 0 aliphatic carbocycles. The van der Waals surface area contributed by atoms with Crippen LogP contribution in [-0.4, -0.2) is 6.26 Å². The van der Waals surface area contributed by atoms with Gasteiger partial charge in [-0.25, -0.2) is 4.39 Å². The minimum Gasteiger partial charge on any atom is -0.207 e. The predicted octanol–water partition coefficient (Wildman–Crippen LogP) is 3.42. The Labute approximate surface area is 77.2 Å². The van der Waals surface area contributed by atoms with Crippen molar-refractivity contribution in [3.8, 4) is 0 Å². The second kappa shape index (κ2) is 3.48. The summed E-state index contributed by atoms with van der Waals surface area (Å²) in [5, 5.41) is 0. The van der Waals surface area contributed by atoms with E-state index in [4.69, 9.17) is 0 Å². The van der Waals surface area contributed by atoms with E-state index in [1.165, 1.54) is 12.1 Å². The zero-order chi connectivity index (χ0) is 9.19. The minimum atomic E-state index is -0.171. The highest BCUT2D eigenvalue weighted by molar-refractivity contribution is 7.99. The second-order valence-electron chi connectivity index (χ2n) is 3.22. The number of halogens is 1. The summed E-state index contributed by atoms with van der Waals surface area (Å²) in [5.74, 6) is -0.171. The van der Waals surface area contributed by atoms with Gasteiger partial charge >= 0.3 is 0 Å². The number of benzene rings is 1. The molecule has 0 aromatic heterocycles. The first kappa shape index (κ1) is 9.59. The fourth-order valence-electron chi connectivity index (χ4n) is 0.969. The number of thioether (sulfide) groups is 1. The summed E-state index contributed by atoms with van der Waals surface area (Å²) in [5.41, 5.74) is 1.16. The lowest BCUT2D eigenvalue weighted by Crippen LogP contribution is -2.10. The molecule has 0 aliphatic rings. The van der Waals surface area contributed by atoms with Crippen molar-refractivity contribution >= 4 is 11.8 Å². The molecule has 0 saturated heterocycles. The third kappa shape index (κ3) is 2.01. The zero-order valence-electron chi connectivity index (χ0n) is 7.60. The molecule has 0 radical (unpaired) electrons. The molecule has 0 saturated carbocycles. The molecule has 0 unspecified atom stereocenters. The predicted molar refractivity (Wildman–Crippen MR) is 52.9 cm³/mol. The summed E-state index contributed by atoms with van der Waals surface area (Å²) >= 11 is 1.76. The first-order valence-corrected chi connectivity index (χ1v) is 5.10. The minimum absolute atomic E-state index is 0.0771. The van der Waals surface area contributed by atoms with Crippen LogP contribution in [-0.2, 0) is 4.75 Å². The molecule has 1 rings (SSSR count). The zero-order valence-corrected chi connectivity index (χ0v) is 8.41. The van der Waals surface area contributed by atoms with Crippen LogP contribution >= 0.6 is 11.8 Å². The van der Waals surface area contributed by atoms with E-state index < -0.39 is 0 Å². The van der Waals surface area contributed by atoms with Gasteiger partial charge in [0.05, 0.1) is 0 Å². The highest BCUT2D eigenvalue weighted by Gasteiger charge is 2.17. The fraction of sp³-hybridized carbons (Fsp3) is 0.400. The van der Waals surface area contributed by atoms with E-state index in [1.54, 1.807) is 11.8 Å². The van der Waals surface area contributed by atoms with E-state index in [9.17, 15) is 4.39 Å². The Morgan fingerprint density at radius 1 is 1.17 bits per heavy atom. The summed E-state index contributed by atoms with van der Waals surface area (Å²) in [6, 6.07) is 6.69. The van der Waals surface area contributed by atoms with E-state index >= 15 is 0 Å². The molecule has 2 heteroatoms. The monoisotopic (exact) mass is 184 g/mol. The number of hydrogen-bond acceptors (Lipinski definition) is 1. The topological polar surface area (TPSA) is 0 Å². The van der Waals surface area contributed by atoms with E-state index in [0.717, 1.165) is 5.56 Å². The summed E-state index contributed by atoms with van der Waals surface area (Å²) in [6.45, 7) is 4.26. The van der Waals surface area contributed by atoms with Crippen molar-refractivity contribution in [3.05, 3.63) is 35.6 Å². The molecule has 0 aliphatic heterocycles. The van der Waals surface area contributed by atoms with Gasteiger partial charge in [0.15, 0.2) is 0 Å². The van der Waals surface area contributed by atoms with Crippen LogP contribution in [0.15, 0.2) is 24.3 Å². The molecule has 66 valence electrons. The summed E-state index contributed by atoms with van der Waals surface area (Å²) < 4.78 is 12.6. The van der Waals surface area contributed by atoms with Gasteiger partial charge in [-0.15, -0.1) is 0 Å². The molecule has 12 heavy (non-hydrogen) atoms. The average molecular weight is 184 g/mol. The van der Waals surface area contributed by atoms with Gasteiger partial charge in [0, 0.05) is 4.75 Å². The molecule has 0 amide bonds. The van der Waals surface area contributed by atoms with Crippen LogP contribution in [0.1, 0.15) is 19.4 Å². The lowest BCUT2D eigenvalue weighted by Gasteiger charge is -2.22. The Hall–Kier alpha value is -0.500. The summed E-state index contributed by atoms with van der Waals surface area (Å²) in [4.78, 5) is 0. The fourth-order valence-corrected chi connectivity index (χ4v) is 1.34. The van der Waals surface area contributed by atoms with Crippen molar-refractivity contribution in [2.75, 3.05) is 6.26 Å². The van der Waals surface area contributed by atoms with Crippen molar-refractivity contribution in [3.63, 3.8) is 0 Å². The maximum atomic E-state index is 12.6. The summed E-state index contributed by atoms with van der Waals surface area (Å²) in [6.07, 6.45) is 2.06. The van der Waals surface area contributed by atoms with E-state index in [0.29, 0.717) is 0 Å². The SMILES string of the molecule is CSC(C)(C)c1ccc(F)cc1. The highest BCUT2D eigenvalue weighted by atomic mass is 32.2. The highest BCUT2D eigenvalue weighted by Crippen LogP contribution is 2.33. The van der Waals surface area contributed by atoms with Gasteiger partial charge in [-0.2, -0.15) is 11.8 Å². The first-order valence-electron chi connectivity index (χ1n) is 3.87. The molecular weight excluding hydrogens is 171 g/mol. The van der Waals surface area contributed by atoms with Crippen LogP contribution in [0.25, 0.3) is 0 Å². The molecule has 0 nitrogen and oxygen atoms in total. The lowest BCUT2D eigenvalue weighted by atomic mass is 10.0. The molecule has 0 bridgehead atoms. The van der Waals surface area contributed by atoms with Gasteiger partial charge in [-0.05, 0) is 37.8 Å². The largest absolute Gasteiger partial charge is 0.207 e. The third-order valence-electron chi connectivity index (χ3n) is 2.05. The van der Waals surface area contributed by atoms with Crippen molar-refractivity contribution < 1.29 is 4.39 Å². The normalized spacial score (nSPS) is 11.7. The van der Waals surface area contributed by atoms with E-state index in [1.807, 2.05) is 12.1 Å². The molecule has 0 spiro atoms. The van der Waals surface area contributed by atoms with Crippen molar-refractivity contribution in [2.45, 2.75) is 18.6 Å². The standard InChI is InChI=1S/C10H13FS/c1-10(2,12-3)8-4-6-9(11)7-5-8/h4-7H,1-3H3. The second-order valence-corrected chi connectivity index (χ2v) is 4.65. The molecule has 1 aromatic carbocycles. The van der Waals surface area contributed by atoms with Crippen LogP contribution in [0, 0.1) is 5.82 Å². The van der Waals surface area contributed by atoms with Crippen LogP contribution in [0.5, 0.6) is 0 Å². The van der Waals surface area contributed by atoms with E-state index in [2.05, 4.69) is 20.1 Å². The van der Waals surface area contributed by atoms with Gasteiger partial charge in [0.2, 0.25) is 0 Å². The molecule has 0 atom stereocenters. The van der Waals surface area contributed by atoms with Crippen LogP contribution in [0.4, 0.5) is 4.39 Å². The smallest absolute Gasteiger partial charge is 0.123 e. The van der Waals surface area contributed by atoms with Crippen molar-refractivity contribution in [2.24, 2.45) is 0 Å². The van der Waals surface area contributed by atoms with Gasteiger partial charge in [-0.3, -0.25) is 0 Å². The lowest BCUT2D eigenvalue weighted by molar-refractivity contribution is 0.625. The van der Waals surface area contributed by atoms with Gasteiger partial charge in [-0.1, -0.05) is 12.1 Å². The Bertz CT molecular complexity index is 251. The third-order valence-corrected chi connectivity index (χ3v) is 3.31. The Balaban J connectivity index is 2.96. The van der Waals surface area contributed by atoms with Crippen molar-refractivity contribution in [1.29, 1.82) is 0 Å². The quantitative estimate of drug-likeness (QED) is 0.678. The van der Waals surface area contributed by atoms with Gasteiger partial charge < -0.3 is 0 Å². The van der Waals surface area contributed by atoms with Crippen molar-refractivity contribution in [1.82, 2.24) is 0 Å². The molecule has 0 heterocycles.